The average Bonchev–Trinajstić information content (AvgIpc) is 2.87. The summed E-state index contributed by atoms with van der Waals surface area (Å²) in [5, 5.41) is 3.50. The van der Waals surface area contributed by atoms with Crippen LogP contribution in [-0.4, -0.2) is 12.7 Å². The van der Waals surface area contributed by atoms with Crippen LogP contribution in [0.3, 0.4) is 0 Å². The quantitative estimate of drug-likeness (QED) is 0.763. The lowest BCUT2D eigenvalue weighted by atomic mass is 9.99. The van der Waals surface area contributed by atoms with E-state index in [4.69, 9.17) is 23.2 Å². The molecule has 1 saturated carbocycles. The van der Waals surface area contributed by atoms with E-state index in [0.717, 1.165) is 5.69 Å². The van der Waals surface area contributed by atoms with E-state index in [2.05, 4.69) is 17.0 Å². The molecular weight excluding hydrogens is 307 g/mol. The molecule has 0 amide bonds. The highest BCUT2D eigenvalue weighted by molar-refractivity contribution is 6.37. The third-order valence-corrected chi connectivity index (χ3v) is 4.27. The van der Waals surface area contributed by atoms with Crippen molar-refractivity contribution in [3.05, 3.63) is 22.2 Å². The predicted molar refractivity (Wildman–Crippen MR) is 78.1 cm³/mol. The molecule has 1 aromatic carbocycles. The van der Waals surface area contributed by atoms with E-state index in [-0.39, 0.29) is 15.8 Å². The van der Waals surface area contributed by atoms with Crippen LogP contribution in [0.5, 0.6) is 5.75 Å². The number of rotatable bonds is 5. The Morgan fingerprint density at radius 3 is 2.25 bits per heavy atom. The first kappa shape index (κ1) is 15.6. The van der Waals surface area contributed by atoms with Gasteiger partial charge in [0.15, 0.2) is 5.75 Å². The molecule has 112 valence electrons. The summed E-state index contributed by atoms with van der Waals surface area (Å²) >= 11 is 11.9. The number of alkyl halides is 2. The Morgan fingerprint density at radius 1 is 1.20 bits per heavy atom. The predicted octanol–water partition coefficient (Wildman–Crippen LogP) is 5.59. The van der Waals surface area contributed by atoms with Crippen molar-refractivity contribution >= 4 is 28.9 Å². The zero-order valence-corrected chi connectivity index (χ0v) is 12.6. The lowest BCUT2D eigenvalue weighted by molar-refractivity contribution is -0.0497. The third kappa shape index (κ3) is 3.89. The number of benzene rings is 1. The number of hydrogen-bond donors (Lipinski definition) is 1. The van der Waals surface area contributed by atoms with E-state index in [1.54, 1.807) is 12.1 Å². The number of anilines is 1. The molecule has 0 aliphatic heterocycles. The fraction of sp³-hybridized carbons (Fsp3) is 0.571. The summed E-state index contributed by atoms with van der Waals surface area (Å²) in [6.07, 6.45) is 4.95. The lowest BCUT2D eigenvalue weighted by Gasteiger charge is -2.22. The number of hydrogen-bond acceptors (Lipinski definition) is 2. The second kappa shape index (κ2) is 6.81. The van der Waals surface area contributed by atoms with Gasteiger partial charge >= 0.3 is 6.61 Å². The molecule has 2 nitrogen and oxygen atoms in total. The lowest BCUT2D eigenvalue weighted by Crippen LogP contribution is -2.23. The topological polar surface area (TPSA) is 21.3 Å². The minimum Gasteiger partial charge on any atom is -0.432 e. The van der Waals surface area contributed by atoms with Crippen LogP contribution in [0.25, 0.3) is 0 Å². The molecule has 1 atom stereocenters. The molecule has 1 N–H and O–H groups in total. The highest BCUT2D eigenvalue weighted by Crippen LogP contribution is 2.38. The molecular formula is C14H17Cl2F2NO. The van der Waals surface area contributed by atoms with Gasteiger partial charge in [-0.3, -0.25) is 0 Å². The van der Waals surface area contributed by atoms with Crippen LogP contribution in [-0.2, 0) is 0 Å². The SMILES string of the molecule is CC(Nc1cc(Cl)c(OC(F)F)c(Cl)c1)C1CCCC1. The standard InChI is InChI=1S/C14H17Cl2F2NO/c1-8(9-4-2-3-5-9)19-10-6-11(15)13(12(16)7-10)20-14(17)18/h6-9,14,19H,2-5H2,1H3. The van der Waals surface area contributed by atoms with Crippen molar-refractivity contribution in [3.63, 3.8) is 0 Å². The summed E-state index contributed by atoms with van der Waals surface area (Å²) in [6.45, 7) is -0.831. The molecule has 20 heavy (non-hydrogen) atoms. The Balaban J connectivity index is 2.09. The first-order valence-electron chi connectivity index (χ1n) is 6.67. The fourth-order valence-corrected chi connectivity index (χ4v) is 3.26. The zero-order chi connectivity index (χ0) is 14.7. The van der Waals surface area contributed by atoms with E-state index in [0.29, 0.717) is 12.0 Å². The van der Waals surface area contributed by atoms with Crippen LogP contribution in [0.2, 0.25) is 10.0 Å². The second-order valence-electron chi connectivity index (χ2n) is 5.13. The molecule has 0 saturated heterocycles. The molecule has 1 aliphatic carbocycles. The summed E-state index contributed by atoms with van der Waals surface area (Å²) in [4.78, 5) is 0. The van der Waals surface area contributed by atoms with E-state index < -0.39 is 6.61 Å². The molecule has 1 unspecified atom stereocenters. The molecule has 6 heteroatoms. The van der Waals surface area contributed by atoms with Gasteiger partial charge in [-0.1, -0.05) is 36.0 Å². The molecule has 1 fully saturated rings. The minimum absolute atomic E-state index is 0.0823. The largest absolute Gasteiger partial charge is 0.432 e. The van der Waals surface area contributed by atoms with Crippen molar-refractivity contribution < 1.29 is 13.5 Å². The van der Waals surface area contributed by atoms with Crippen LogP contribution >= 0.6 is 23.2 Å². The van der Waals surface area contributed by atoms with E-state index in [1.165, 1.54) is 25.7 Å². The molecule has 1 aromatic rings. The number of nitrogens with one attached hydrogen (secondary N) is 1. The fourth-order valence-electron chi connectivity index (χ4n) is 2.68. The molecule has 2 rings (SSSR count). The van der Waals surface area contributed by atoms with Crippen LogP contribution < -0.4 is 10.1 Å². The zero-order valence-electron chi connectivity index (χ0n) is 11.1. The Morgan fingerprint density at radius 2 is 1.75 bits per heavy atom. The van der Waals surface area contributed by atoms with Gasteiger partial charge in [0.2, 0.25) is 0 Å². The normalized spacial score (nSPS) is 17.5. The second-order valence-corrected chi connectivity index (χ2v) is 5.94. The van der Waals surface area contributed by atoms with Gasteiger partial charge in [-0.15, -0.1) is 0 Å². The van der Waals surface area contributed by atoms with E-state index >= 15 is 0 Å². The van der Waals surface area contributed by atoms with Crippen LogP contribution in [0, 0.1) is 5.92 Å². The summed E-state index contributed by atoms with van der Waals surface area (Å²) < 4.78 is 28.8. The van der Waals surface area contributed by atoms with Crippen molar-refractivity contribution in [1.82, 2.24) is 0 Å². The van der Waals surface area contributed by atoms with Gasteiger partial charge < -0.3 is 10.1 Å². The summed E-state index contributed by atoms with van der Waals surface area (Å²) in [7, 11) is 0. The molecule has 0 radical (unpaired) electrons. The maximum Gasteiger partial charge on any atom is 0.387 e. The average molecular weight is 324 g/mol. The smallest absolute Gasteiger partial charge is 0.387 e. The van der Waals surface area contributed by atoms with Crippen molar-refractivity contribution in [3.8, 4) is 5.75 Å². The molecule has 0 spiro atoms. The Kier molecular flexibility index (Phi) is 5.33. The van der Waals surface area contributed by atoms with Crippen LogP contribution in [0.15, 0.2) is 12.1 Å². The van der Waals surface area contributed by atoms with Crippen molar-refractivity contribution in [2.24, 2.45) is 5.92 Å². The maximum atomic E-state index is 12.2. The Hall–Kier alpha value is -0.740. The van der Waals surface area contributed by atoms with Crippen molar-refractivity contribution in [2.45, 2.75) is 45.3 Å². The highest BCUT2D eigenvalue weighted by Gasteiger charge is 2.22. The molecule has 0 bridgehead atoms. The van der Waals surface area contributed by atoms with E-state index in [9.17, 15) is 8.78 Å². The van der Waals surface area contributed by atoms with Gasteiger partial charge in [0.25, 0.3) is 0 Å². The van der Waals surface area contributed by atoms with Gasteiger partial charge in [0.1, 0.15) is 0 Å². The number of ether oxygens (including phenoxy) is 1. The first-order valence-corrected chi connectivity index (χ1v) is 7.43. The van der Waals surface area contributed by atoms with Gasteiger partial charge in [-0.05, 0) is 37.8 Å². The summed E-state index contributed by atoms with van der Waals surface area (Å²) in [5.74, 6) is 0.451. The summed E-state index contributed by atoms with van der Waals surface area (Å²) in [5.41, 5.74) is 0.723. The Bertz CT molecular complexity index is 441. The van der Waals surface area contributed by atoms with Gasteiger partial charge in [0, 0.05) is 11.7 Å². The van der Waals surface area contributed by atoms with Gasteiger partial charge in [-0.25, -0.2) is 0 Å². The molecule has 0 heterocycles. The first-order chi connectivity index (χ1) is 9.47. The highest BCUT2D eigenvalue weighted by atomic mass is 35.5. The Labute approximate surface area is 127 Å². The van der Waals surface area contributed by atoms with Crippen LogP contribution in [0.4, 0.5) is 14.5 Å². The minimum atomic E-state index is -2.94. The van der Waals surface area contributed by atoms with Crippen LogP contribution in [0.1, 0.15) is 32.6 Å². The van der Waals surface area contributed by atoms with Gasteiger partial charge in [0.05, 0.1) is 10.0 Å². The summed E-state index contributed by atoms with van der Waals surface area (Å²) in [6, 6.07) is 3.43. The monoisotopic (exact) mass is 323 g/mol. The van der Waals surface area contributed by atoms with E-state index in [1.807, 2.05) is 0 Å². The molecule has 1 aliphatic rings. The molecule has 0 aromatic heterocycles. The number of halogens is 4. The van der Waals surface area contributed by atoms with Crippen molar-refractivity contribution in [2.75, 3.05) is 5.32 Å². The third-order valence-electron chi connectivity index (χ3n) is 3.71. The maximum absolute atomic E-state index is 12.2. The van der Waals surface area contributed by atoms with Gasteiger partial charge in [-0.2, -0.15) is 8.78 Å². The van der Waals surface area contributed by atoms with Crippen molar-refractivity contribution in [1.29, 1.82) is 0 Å².